The number of amides is 1. The van der Waals surface area contributed by atoms with E-state index in [9.17, 15) is 4.79 Å². The third-order valence-electron chi connectivity index (χ3n) is 6.01. The SMILES string of the molecule is CCCC(=O)N1CCC2(C1)Cn1c(nnc1Cc1c[nH]c3ccccc13)CO2. The van der Waals surface area contributed by atoms with Crippen molar-refractivity contribution in [1.82, 2.24) is 24.6 Å². The molecule has 2 aliphatic heterocycles. The van der Waals surface area contributed by atoms with Crippen LogP contribution < -0.4 is 0 Å². The molecule has 1 amide bonds. The Morgan fingerprint density at radius 1 is 1.29 bits per heavy atom. The summed E-state index contributed by atoms with van der Waals surface area (Å²) in [7, 11) is 0. The van der Waals surface area contributed by atoms with Crippen LogP contribution in [0.15, 0.2) is 30.5 Å². The van der Waals surface area contributed by atoms with Crippen molar-refractivity contribution in [2.75, 3.05) is 13.1 Å². The van der Waals surface area contributed by atoms with E-state index < -0.39 is 0 Å². The smallest absolute Gasteiger partial charge is 0.222 e. The highest BCUT2D eigenvalue weighted by Gasteiger charge is 2.44. The number of carbonyl (C=O) groups is 1. The highest BCUT2D eigenvalue weighted by Crippen LogP contribution is 2.33. The van der Waals surface area contributed by atoms with Gasteiger partial charge in [0.25, 0.3) is 0 Å². The maximum absolute atomic E-state index is 12.3. The third-order valence-corrected chi connectivity index (χ3v) is 6.01. The van der Waals surface area contributed by atoms with Crippen molar-refractivity contribution in [3.05, 3.63) is 47.7 Å². The number of benzene rings is 1. The van der Waals surface area contributed by atoms with E-state index in [1.165, 1.54) is 10.9 Å². The van der Waals surface area contributed by atoms with Crippen LogP contribution in [0.2, 0.25) is 0 Å². The summed E-state index contributed by atoms with van der Waals surface area (Å²) in [4.78, 5) is 17.6. The number of ether oxygens (including phenoxy) is 1. The largest absolute Gasteiger partial charge is 0.363 e. The quantitative estimate of drug-likeness (QED) is 0.756. The maximum Gasteiger partial charge on any atom is 0.222 e. The Hall–Kier alpha value is -2.67. The van der Waals surface area contributed by atoms with Crippen LogP contribution in [-0.4, -0.2) is 49.2 Å². The number of hydrogen-bond acceptors (Lipinski definition) is 4. The number of H-pyrrole nitrogens is 1. The van der Waals surface area contributed by atoms with Crippen LogP contribution in [0.5, 0.6) is 0 Å². The number of para-hydroxylation sites is 1. The zero-order valence-corrected chi connectivity index (χ0v) is 16.1. The number of carbonyl (C=O) groups excluding carboxylic acids is 1. The van der Waals surface area contributed by atoms with Gasteiger partial charge in [-0.25, -0.2) is 0 Å². The summed E-state index contributed by atoms with van der Waals surface area (Å²) in [6.45, 7) is 4.64. The van der Waals surface area contributed by atoms with Crippen LogP contribution in [0.4, 0.5) is 0 Å². The van der Waals surface area contributed by atoms with E-state index in [1.54, 1.807) is 0 Å². The molecule has 3 aromatic rings. The number of nitrogens with zero attached hydrogens (tertiary/aromatic N) is 4. The monoisotopic (exact) mass is 379 g/mol. The molecule has 7 heteroatoms. The molecule has 5 rings (SSSR count). The van der Waals surface area contributed by atoms with Crippen LogP contribution in [-0.2, 0) is 29.1 Å². The van der Waals surface area contributed by atoms with Gasteiger partial charge in [-0.3, -0.25) is 4.79 Å². The second-order valence-corrected chi connectivity index (χ2v) is 7.94. The molecule has 146 valence electrons. The minimum Gasteiger partial charge on any atom is -0.363 e. The normalized spacial score (nSPS) is 21.5. The summed E-state index contributed by atoms with van der Waals surface area (Å²) >= 11 is 0. The lowest BCUT2D eigenvalue weighted by Crippen LogP contribution is -2.45. The first kappa shape index (κ1) is 17.4. The molecule has 0 saturated carbocycles. The highest BCUT2D eigenvalue weighted by atomic mass is 16.5. The number of aromatic nitrogens is 4. The molecule has 1 fully saturated rings. The summed E-state index contributed by atoms with van der Waals surface area (Å²) < 4.78 is 8.41. The molecule has 1 saturated heterocycles. The molecule has 1 aromatic carbocycles. The van der Waals surface area contributed by atoms with E-state index in [4.69, 9.17) is 4.74 Å². The number of likely N-dealkylation sites (tertiary alicyclic amines) is 1. The maximum atomic E-state index is 12.3. The topological polar surface area (TPSA) is 76.0 Å². The number of nitrogens with one attached hydrogen (secondary N) is 1. The third kappa shape index (κ3) is 2.90. The zero-order valence-electron chi connectivity index (χ0n) is 16.1. The minimum absolute atomic E-state index is 0.233. The lowest BCUT2D eigenvalue weighted by Gasteiger charge is -2.34. The van der Waals surface area contributed by atoms with Gasteiger partial charge in [0.2, 0.25) is 5.91 Å². The van der Waals surface area contributed by atoms with Crippen LogP contribution in [0.25, 0.3) is 10.9 Å². The number of rotatable bonds is 4. The fourth-order valence-electron chi connectivity index (χ4n) is 4.47. The minimum atomic E-state index is -0.312. The van der Waals surface area contributed by atoms with Gasteiger partial charge >= 0.3 is 0 Å². The van der Waals surface area contributed by atoms with Crippen molar-refractivity contribution in [3.8, 4) is 0 Å². The Balaban J connectivity index is 1.38. The predicted molar refractivity (Wildman–Crippen MR) is 105 cm³/mol. The highest BCUT2D eigenvalue weighted by molar-refractivity contribution is 5.83. The van der Waals surface area contributed by atoms with Gasteiger partial charge < -0.3 is 19.2 Å². The first-order chi connectivity index (χ1) is 13.7. The van der Waals surface area contributed by atoms with Gasteiger partial charge in [0, 0.05) is 36.5 Å². The Bertz CT molecular complexity index is 1020. The molecule has 1 spiro atoms. The molecule has 2 aromatic heterocycles. The van der Waals surface area contributed by atoms with Crippen molar-refractivity contribution < 1.29 is 9.53 Å². The van der Waals surface area contributed by atoms with E-state index >= 15 is 0 Å². The molecule has 28 heavy (non-hydrogen) atoms. The first-order valence-corrected chi connectivity index (χ1v) is 10.1. The molecule has 4 heterocycles. The van der Waals surface area contributed by atoms with Crippen molar-refractivity contribution >= 4 is 16.8 Å². The molecule has 0 radical (unpaired) electrons. The van der Waals surface area contributed by atoms with Gasteiger partial charge in [0.1, 0.15) is 18.0 Å². The van der Waals surface area contributed by atoms with Crippen molar-refractivity contribution in [3.63, 3.8) is 0 Å². The molecule has 0 aliphatic carbocycles. The summed E-state index contributed by atoms with van der Waals surface area (Å²) in [6, 6.07) is 8.31. The fraction of sp³-hybridized carbons (Fsp3) is 0.476. The van der Waals surface area contributed by atoms with E-state index in [-0.39, 0.29) is 11.5 Å². The Morgan fingerprint density at radius 2 is 2.18 bits per heavy atom. The molecule has 1 N–H and O–H groups in total. The molecule has 7 nitrogen and oxygen atoms in total. The summed E-state index contributed by atoms with van der Waals surface area (Å²) in [5, 5.41) is 10.0. The fourth-order valence-corrected chi connectivity index (χ4v) is 4.47. The second kappa shape index (κ2) is 6.74. The average molecular weight is 379 g/mol. The van der Waals surface area contributed by atoms with Gasteiger partial charge in [0.15, 0.2) is 5.82 Å². The summed E-state index contributed by atoms with van der Waals surface area (Å²) in [5.41, 5.74) is 2.04. The Labute approximate surface area is 163 Å². The Morgan fingerprint density at radius 3 is 3.07 bits per heavy atom. The van der Waals surface area contributed by atoms with E-state index in [0.29, 0.717) is 26.1 Å². The van der Waals surface area contributed by atoms with E-state index in [2.05, 4.69) is 44.1 Å². The molecule has 1 atom stereocenters. The molecule has 2 aliphatic rings. The van der Waals surface area contributed by atoms with Crippen LogP contribution >= 0.6 is 0 Å². The van der Waals surface area contributed by atoms with E-state index in [1.807, 2.05) is 17.9 Å². The first-order valence-electron chi connectivity index (χ1n) is 10.1. The van der Waals surface area contributed by atoms with Gasteiger partial charge in [0.05, 0.1) is 13.1 Å². The van der Waals surface area contributed by atoms with Gasteiger partial charge in [-0.15, -0.1) is 10.2 Å². The molecule has 1 unspecified atom stereocenters. The van der Waals surface area contributed by atoms with Crippen molar-refractivity contribution in [2.24, 2.45) is 0 Å². The predicted octanol–water partition coefficient (Wildman–Crippen LogP) is 2.65. The lowest BCUT2D eigenvalue weighted by molar-refractivity contribution is -0.133. The Kier molecular flexibility index (Phi) is 4.19. The van der Waals surface area contributed by atoms with Crippen molar-refractivity contribution in [1.29, 1.82) is 0 Å². The number of hydrogen-bond donors (Lipinski definition) is 1. The molecular weight excluding hydrogens is 354 g/mol. The molecular formula is C21H25N5O2. The van der Waals surface area contributed by atoms with Crippen LogP contribution in [0.3, 0.4) is 0 Å². The average Bonchev–Trinajstić information content (AvgIpc) is 3.41. The molecule has 0 bridgehead atoms. The lowest BCUT2D eigenvalue weighted by atomic mass is 10.0. The summed E-state index contributed by atoms with van der Waals surface area (Å²) in [5.74, 6) is 2.07. The van der Waals surface area contributed by atoms with Gasteiger partial charge in [-0.1, -0.05) is 25.1 Å². The van der Waals surface area contributed by atoms with Gasteiger partial charge in [-0.2, -0.15) is 0 Å². The number of aromatic amines is 1. The summed E-state index contributed by atoms with van der Waals surface area (Å²) in [6.07, 6.45) is 5.15. The van der Waals surface area contributed by atoms with Crippen molar-refractivity contribution in [2.45, 2.75) is 51.4 Å². The zero-order chi connectivity index (χ0) is 19.1. The van der Waals surface area contributed by atoms with Gasteiger partial charge in [-0.05, 0) is 24.5 Å². The second-order valence-electron chi connectivity index (χ2n) is 7.94. The van der Waals surface area contributed by atoms with E-state index in [0.717, 1.165) is 43.0 Å². The van der Waals surface area contributed by atoms with Crippen LogP contribution in [0, 0.1) is 0 Å². The van der Waals surface area contributed by atoms with Crippen LogP contribution in [0.1, 0.15) is 43.4 Å². The standard InChI is InChI=1S/C21H25N5O2/c1-2-5-20(27)25-9-8-21(13-25)14-26-18(23-24-19(26)12-28-21)10-15-11-22-17-7-4-3-6-16(15)17/h3-4,6-7,11,22H,2,5,8-10,12-14H2,1H3. The number of fused-ring (bicyclic) bond motifs is 2.